The van der Waals surface area contributed by atoms with Crippen LogP contribution in [0.4, 0.5) is 5.69 Å². The summed E-state index contributed by atoms with van der Waals surface area (Å²) in [6, 6.07) is 13.9. The molecule has 1 aliphatic rings. The van der Waals surface area contributed by atoms with E-state index in [9.17, 15) is 4.79 Å². The van der Waals surface area contributed by atoms with Crippen LogP contribution in [0.1, 0.15) is 34.0 Å². The van der Waals surface area contributed by atoms with Crippen molar-refractivity contribution in [2.45, 2.75) is 26.3 Å². The minimum absolute atomic E-state index is 0.341. The van der Waals surface area contributed by atoms with Gasteiger partial charge in [0.1, 0.15) is 0 Å². The maximum atomic E-state index is 10.9. The number of fused-ring (bicyclic) bond motifs is 1. The van der Waals surface area contributed by atoms with Crippen molar-refractivity contribution in [2.75, 3.05) is 11.4 Å². The fourth-order valence-electron chi connectivity index (χ4n) is 2.88. The van der Waals surface area contributed by atoms with Crippen LogP contribution >= 0.6 is 0 Å². The molecule has 1 aliphatic heterocycles. The van der Waals surface area contributed by atoms with Gasteiger partial charge in [-0.15, -0.1) is 0 Å². The lowest BCUT2D eigenvalue weighted by atomic mass is 10.1. The van der Waals surface area contributed by atoms with E-state index in [-0.39, 0.29) is 0 Å². The minimum atomic E-state index is -0.875. The largest absolute Gasteiger partial charge is 0.478 e. The molecule has 0 unspecified atom stereocenters. The number of anilines is 1. The summed E-state index contributed by atoms with van der Waals surface area (Å²) in [4.78, 5) is 13.2. The van der Waals surface area contributed by atoms with Crippen molar-refractivity contribution in [3.8, 4) is 0 Å². The summed E-state index contributed by atoms with van der Waals surface area (Å²) in [6.45, 7) is 4.04. The Bertz CT molecular complexity index is 661. The van der Waals surface area contributed by atoms with E-state index in [1.165, 1.54) is 16.8 Å². The summed E-state index contributed by atoms with van der Waals surface area (Å²) in [5.41, 5.74) is 5.62. The lowest BCUT2D eigenvalue weighted by Gasteiger charge is -2.19. The highest BCUT2D eigenvalue weighted by Gasteiger charge is 2.19. The second kappa shape index (κ2) is 5.60. The normalized spacial score (nSPS) is 13.3. The Labute approximate surface area is 124 Å². The van der Waals surface area contributed by atoms with Gasteiger partial charge in [-0.1, -0.05) is 31.2 Å². The van der Waals surface area contributed by atoms with Gasteiger partial charge in [-0.05, 0) is 47.7 Å². The van der Waals surface area contributed by atoms with Gasteiger partial charge in [0.2, 0.25) is 0 Å². The van der Waals surface area contributed by atoms with E-state index in [0.717, 1.165) is 31.5 Å². The fourth-order valence-corrected chi connectivity index (χ4v) is 2.88. The van der Waals surface area contributed by atoms with E-state index in [2.05, 4.69) is 30.0 Å². The zero-order chi connectivity index (χ0) is 14.8. The number of aryl methyl sites for hydroxylation is 1. The molecular formula is C18H19NO2. The van der Waals surface area contributed by atoms with Crippen molar-refractivity contribution in [1.82, 2.24) is 0 Å². The summed E-state index contributed by atoms with van der Waals surface area (Å²) >= 11 is 0. The zero-order valence-corrected chi connectivity index (χ0v) is 12.2. The Morgan fingerprint density at radius 2 is 1.86 bits per heavy atom. The van der Waals surface area contributed by atoms with Gasteiger partial charge in [0.05, 0.1) is 5.56 Å². The Hall–Kier alpha value is -2.29. The predicted molar refractivity (Wildman–Crippen MR) is 84.0 cm³/mol. The van der Waals surface area contributed by atoms with Crippen molar-refractivity contribution in [3.63, 3.8) is 0 Å². The number of carbonyl (C=O) groups is 1. The molecule has 0 atom stereocenters. The number of carboxylic acids is 1. The van der Waals surface area contributed by atoms with Crippen LogP contribution < -0.4 is 4.90 Å². The molecule has 3 heteroatoms. The first kappa shape index (κ1) is 13.7. The lowest BCUT2D eigenvalue weighted by Crippen LogP contribution is -2.19. The van der Waals surface area contributed by atoms with E-state index >= 15 is 0 Å². The van der Waals surface area contributed by atoms with Gasteiger partial charge < -0.3 is 10.0 Å². The molecule has 1 heterocycles. The molecular weight excluding hydrogens is 262 g/mol. The molecule has 0 aliphatic carbocycles. The Balaban J connectivity index is 1.77. The maximum absolute atomic E-state index is 10.9. The molecule has 0 bridgehead atoms. The molecule has 0 spiro atoms. The first-order valence-electron chi connectivity index (χ1n) is 7.36. The van der Waals surface area contributed by atoms with Gasteiger partial charge in [-0.2, -0.15) is 0 Å². The molecule has 0 radical (unpaired) electrons. The van der Waals surface area contributed by atoms with Crippen molar-refractivity contribution in [2.24, 2.45) is 0 Å². The molecule has 0 saturated carbocycles. The molecule has 0 saturated heterocycles. The summed E-state index contributed by atoms with van der Waals surface area (Å²) < 4.78 is 0. The monoisotopic (exact) mass is 281 g/mol. The van der Waals surface area contributed by atoms with Crippen LogP contribution in [0.2, 0.25) is 0 Å². The number of hydrogen-bond acceptors (Lipinski definition) is 2. The zero-order valence-electron chi connectivity index (χ0n) is 12.2. The third-order valence-corrected chi connectivity index (χ3v) is 4.12. The van der Waals surface area contributed by atoms with E-state index < -0.39 is 5.97 Å². The first-order chi connectivity index (χ1) is 10.2. The van der Waals surface area contributed by atoms with E-state index in [0.29, 0.717) is 5.56 Å². The topological polar surface area (TPSA) is 40.5 Å². The Morgan fingerprint density at radius 1 is 1.14 bits per heavy atom. The fraction of sp³-hybridized carbons (Fsp3) is 0.278. The highest BCUT2D eigenvalue weighted by Crippen LogP contribution is 2.30. The number of aromatic carboxylic acids is 1. The number of benzene rings is 2. The standard InChI is InChI=1S/C18H19NO2/c1-2-13-5-8-17-16(11-13)9-10-19(17)12-14-3-6-15(7-4-14)18(20)21/h3-8,11H,2,9-10,12H2,1H3,(H,20,21). The molecule has 2 aromatic carbocycles. The highest BCUT2D eigenvalue weighted by molar-refractivity contribution is 5.87. The summed E-state index contributed by atoms with van der Waals surface area (Å²) in [5, 5.41) is 8.93. The van der Waals surface area contributed by atoms with Crippen molar-refractivity contribution < 1.29 is 9.90 Å². The first-order valence-corrected chi connectivity index (χ1v) is 7.36. The summed E-state index contributed by atoms with van der Waals surface area (Å²) in [6.07, 6.45) is 2.17. The number of hydrogen-bond donors (Lipinski definition) is 1. The third kappa shape index (κ3) is 2.77. The van der Waals surface area contributed by atoms with Gasteiger partial charge in [0.15, 0.2) is 0 Å². The van der Waals surface area contributed by atoms with Crippen LogP contribution in [0.5, 0.6) is 0 Å². The molecule has 0 amide bonds. The third-order valence-electron chi connectivity index (χ3n) is 4.12. The van der Waals surface area contributed by atoms with Crippen LogP contribution in [0.25, 0.3) is 0 Å². The van der Waals surface area contributed by atoms with E-state index in [1.54, 1.807) is 12.1 Å². The average molecular weight is 281 g/mol. The summed E-state index contributed by atoms with van der Waals surface area (Å²) in [7, 11) is 0. The molecule has 2 aromatic rings. The van der Waals surface area contributed by atoms with Gasteiger partial charge in [0, 0.05) is 18.8 Å². The molecule has 1 N–H and O–H groups in total. The van der Waals surface area contributed by atoms with Crippen molar-refractivity contribution in [1.29, 1.82) is 0 Å². The van der Waals surface area contributed by atoms with Gasteiger partial charge in [-0.25, -0.2) is 4.79 Å². The van der Waals surface area contributed by atoms with Crippen LogP contribution in [0, 0.1) is 0 Å². The smallest absolute Gasteiger partial charge is 0.335 e. The highest BCUT2D eigenvalue weighted by atomic mass is 16.4. The van der Waals surface area contributed by atoms with Gasteiger partial charge in [0.25, 0.3) is 0 Å². The Kier molecular flexibility index (Phi) is 3.65. The number of nitrogens with zero attached hydrogens (tertiary/aromatic N) is 1. The molecule has 108 valence electrons. The second-order valence-electron chi connectivity index (χ2n) is 5.49. The molecule has 21 heavy (non-hydrogen) atoms. The van der Waals surface area contributed by atoms with E-state index in [1.807, 2.05) is 12.1 Å². The summed E-state index contributed by atoms with van der Waals surface area (Å²) in [5.74, 6) is -0.875. The van der Waals surface area contributed by atoms with Crippen molar-refractivity contribution >= 4 is 11.7 Å². The van der Waals surface area contributed by atoms with E-state index in [4.69, 9.17) is 5.11 Å². The second-order valence-corrected chi connectivity index (χ2v) is 5.49. The quantitative estimate of drug-likeness (QED) is 0.932. The van der Waals surface area contributed by atoms with Crippen LogP contribution in [-0.2, 0) is 19.4 Å². The van der Waals surface area contributed by atoms with Crippen LogP contribution in [0.3, 0.4) is 0 Å². The minimum Gasteiger partial charge on any atom is -0.478 e. The average Bonchev–Trinajstić information content (AvgIpc) is 2.90. The molecule has 0 aromatic heterocycles. The molecule has 0 fully saturated rings. The number of carboxylic acid groups (broad SMARTS) is 1. The maximum Gasteiger partial charge on any atom is 0.335 e. The molecule has 3 nitrogen and oxygen atoms in total. The number of rotatable bonds is 4. The van der Waals surface area contributed by atoms with Crippen LogP contribution in [0.15, 0.2) is 42.5 Å². The SMILES string of the molecule is CCc1ccc2c(c1)CCN2Cc1ccc(C(=O)O)cc1. The molecule has 3 rings (SSSR count). The predicted octanol–water partition coefficient (Wildman–Crippen LogP) is 3.51. The van der Waals surface area contributed by atoms with Gasteiger partial charge >= 0.3 is 5.97 Å². The van der Waals surface area contributed by atoms with Crippen LogP contribution in [-0.4, -0.2) is 17.6 Å². The Morgan fingerprint density at radius 3 is 2.52 bits per heavy atom. The van der Waals surface area contributed by atoms with Gasteiger partial charge in [-0.3, -0.25) is 0 Å². The lowest BCUT2D eigenvalue weighted by molar-refractivity contribution is 0.0697. The van der Waals surface area contributed by atoms with Crippen molar-refractivity contribution in [3.05, 3.63) is 64.7 Å².